The third-order valence-corrected chi connectivity index (χ3v) is 8.96. The minimum absolute atomic E-state index is 0.000145. The van der Waals surface area contributed by atoms with Crippen molar-refractivity contribution in [3.8, 4) is 6.07 Å². The first-order chi connectivity index (χ1) is 19.8. The Morgan fingerprint density at radius 1 is 1.20 bits per heavy atom. The Balaban J connectivity index is 1.36. The van der Waals surface area contributed by atoms with Crippen LogP contribution < -0.4 is 16.0 Å². The van der Waals surface area contributed by atoms with E-state index in [0.717, 1.165) is 16.8 Å². The van der Waals surface area contributed by atoms with Gasteiger partial charge in [0.05, 0.1) is 36.0 Å². The monoisotopic (exact) mass is 586 g/mol. The van der Waals surface area contributed by atoms with Crippen molar-refractivity contribution in [2.45, 2.75) is 36.4 Å². The molecule has 208 valence electrons. The van der Waals surface area contributed by atoms with Crippen molar-refractivity contribution in [3.05, 3.63) is 87.9 Å². The normalized spacial score (nSPS) is 16.8. The summed E-state index contributed by atoms with van der Waals surface area (Å²) in [7, 11) is 1.30. The van der Waals surface area contributed by atoms with Crippen LogP contribution in [0.15, 0.2) is 75.5 Å². The predicted octanol–water partition coefficient (Wildman–Crippen LogP) is 4.67. The Hall–Kier alpha value is -4.47. The summed E-state index contributed by atoms with van der Waals surface area (Å²) in [5.74, 6) is -0.944. The van der Waals surface area contributed by atoms with E-state index >= 15 is 0 Å². The molecule has 2 heterocycles. The van der Waals surface area contributed by atoms with Crippen LogP contribution in [0.5, 0.6) is 0 Å². The fourth-order valence-electron chi connectivity index (χ4n) is 5.01. The molecule has 3 N–H and O–H groups in total. The van der Waals surface area contributed by atoms with E-state index in [0.29, 0.717) is 51.1 Å². The Morgan fingerprint density at radius 2 is 1.95 bits per heavy atom. The minimum Gasteiger partial charge on any atom is -0.465 e. The van der Waals surface area contributed by atoms with Crippen LogP contribution in [0.3, 0.4) is 0 Å². The number of nitrogens with one attached hydrogen (secondary N) is 1. The van der Waals surface area contributed by atoms with E-state index in [1.54, 1.807) is 29.2 Å². The van der Waals surface area contributed by atoms with Gasteiger partial charge < -0.3 is 15.8 Å². The molecule has 10 nitrogen and oxygen atoms in total. The summed E-state index contributed by atoms with van der Waals surface area (Å²) in [6.07, 6.45) is 1.69. The summed E-state index contributed by atoms with van der Waals surface area (Å²) in [6.45, 7) is 1.96. The molecule has 1 aliphatic heterocycles. The fourth-order valence-corrected chi connectivity index (χ4v) is 6.69. The molecule has 12 heteroatoms. The van der Waals surface area contributed by atoms with Crippen LogP contribution >= 0.6 is 23.1 Å². The topological polar surface area (TPSA) is 151 Å². The first-order valence-corrected chi connectivity index (χ1v) is 14.6. The molecule has 1 aromatic heterocycles. The number of nitriles is 1. The lowest BCUT2D eigenvalue weighted by molar-refractivity contribution is -0.116. The molecule has 0 radical (unpaired) electrons. The number of aryl methyl sites for hydroxylation is 1. The van der Waals surface area contributed by atoms with Gasteiger partial charge in [-0.3, -0.25) is 14.5 Å². The highest BCUT2D eigenvalue weighted by molar-refractivity contribution is 8.01. The van der Waals surface area contributed by atoms with E-state index in [9.17, 15) is 19.6 Å². The van der Waals surface area contributed by atoms with Gasteiger partial charge in [-0.15, -0.1) is 10.2 Å². The zero-order valence-electron chi connectivity index (χ0n) is 22.3. The van der Waals surface area contributed by atoms with Gasteiger partial charge in [0, 0.05) is 23.4 Å². The summed E-state index contributed by atoms with van der Waals surface area (Å²) in [5, 5.41) is 22.0. The van der Waals surface area contributed by atoms with Gasteiger partial charge in [0.15, 0.2) is 10.1 Å². The first-order valence-electron chi connectivity index (χ1n) is 12.8. The third kappa shape index (κ3) is 5.59. The number of esters is 1. The van der Waals surface area contributed by atoms with E-state index in [1.807, 2.05) is 31.2 Å². The largest absolute Gasteiger partial charge is 0.465 e. The molecule has 1 unspecified atom stereocenters. The van der Waals surface area contributed by atoms with Crippen molar-refractivity contribution in [2.75, 3.05) is 23.1 Å². The molecular formula is C29H26N6O4S2. The number of benzene rings is 2. The number of ether oxygens (including phenoxy) is 1. The Kier molecular flexibility index (Phi) is 8.19. The second-order valence-corrected chi connectivity index (χ2v) is 11.6. The molecule has 1 atom stereocenters. The number of Topliss-reactive ketones (excluding diaryl/α,β-unsaturated/α-hetero) is 1. The molecular weight excluding hydrogens is 560 g/mol. The molecule has 0 bridgehead atoms. The van der Waals surface area contributed by atoms with E-state index in [1.165, 1.54) is 30.2 Å². The average molecular weight is 587 g/mol. The van der Waals surface area contributed by atoms with E-state index in [4.69, 9.17) is 5.73 Å². The van der Waals surface area contributed by atoms with Gasteiger partial charge in [-0.05, 0) is 55.2 Å². The van der Waals surface area contributed by atoms with Crippen LogP contribution in [-0.4, -0.2) is 40.7 Å². The van der Waals surface area contributed by atoms with Crippen LogP contribution in [0.2, 0.25) is 0 Å². The van der Waals surface area contributed by atoms with Crippen LogP contribution in [0.25, 0.3) is 0 Å². The van der Waals surface area contributed by atoms with Crippen molar-refractivity contribution in [2.24, 2.45) is 5.73 Å². The number of hydrogen-bond acceptors (Lipinski definition) is 11. The van der Waals surface area contributed by atoms with Gasteiger partial charge >= 0.3 is 5.97 Å². The van der Waals surface area contributed by atoms with Crippen molar-refractivity contribution in [1.29, 1.82) is 5.26 Å². The molecule has 0 saturated carbocycles. The zero-order valence-corrected chi connectivity index (χ0v) is 24.0. The number of methoxy groups -OCH3 is 1. The van der Waals surface area contributed by atoms with E-state index < -0.39 is 11.9 Å². The second kappa shape index (κ2) is 12.0. The Bertz CT molecular complexity index is 1640. The summed E-state index contributed by atoms with van der Waals surface area (Å²) >= 11 is 2.44. The maximum atomic E-state index is 13.3. The fraction of sp³-hybridized carbons (Fsp3) is 0.241. The standard InChI is InChI=1S/C29H26N6O4S2/c1-16-6-3-4-7-19(16)24-20(14-30)26(31)35(21-8-5-9-22(36)25(21)24)28-33-34-29(41-28)40-15-23(37)32-18-12-10-17(11-13-18)27(38)39-2/h3-4,6-7,10-13,24H,5,8-9,15,31H2,1-2H3,(H,32,37). The molecule has 0 saturated heterocycles. The number of aromatic nitrogens is 2. The molecule has 0 fully saturated rings. The smallest absolute Gasteiger partial charge is 0.337 e. The summed E-state index contributed by atoms with van der Waals surface area (Å²) in [6, 6.07) is 16.4. The van der Waals surface area contributed by atoms with Gasteiger partial charge in [-0.1, -0.05) is 47.4 Å². The highest BCUT2D eigenvalue weighted by atomic mass is 32.2. The molecule has 1 amide bonds. The number of hydrogen-bond donors (Lipinski definition) is 2. The highest BCUT2D eigenvalue weighted by Gasteiger charge is 2.41. The third-order valence-electron chi connectivity index (χ3n) is 6.92. The average Bonchev–Trinajstić information content (AvgIpc) is 3.44. The van der Waals surface area contributed by atoms with Gasteiger partial charge in [0.25, 0.3) is 0 Å². The summed E-state index contributed by atoms with van der Waals surface area (Å²) in [4.78, 5) is 39.1. The minimum atomic E-state index is -0.535. The molecule has 41 heavy (non-hydrogen) atoms. The quantitative estimate of drug-likeness (QED) is 0.295. The zero-order chi connectivity index (χ0) is 29.1. The van der Waals surface area contributed by atoms with Gasteiger partial charge in [-0.25, -0.2) is 4.79 Å². The number of ketones is 1. The maximum Gasteiger partial charge on any atom is 0.337 e. The van der Waals surface area contributed by atoms with Crippen LogP contribution in [0, 0.1) is 18.3 Å². The van der Waals surface area contributed by atoms with Crippen molar-refractivity contribution in [1.82, 2.24) is 10.2 Å². The SMILES string of the molecule is COC(=O)c1ccc(NC(=O)CSc2nnc(N3C(N)=C(C#N)C(c4ccccc4C)C4=C3CCCC4=O)s2)cc1. The number of rotatable bonds is 7. The second-order valence-electron chi connectivity index (χ2n) is 9.43. The predicted molar refractivity (Wildman–Crippen MR) is 156 cm³/mol. The summed E-state index contributed by atoms with van der Waals surface area (Å²) < 4.78 is 5.22. The first kappa shape index (κ1) is 28.1. The Labute approximate surface area is 244 Å². The number of anilines is 2. The molecule has 2 aromatic carbocycles. The van der Waals surface area contributed by atoms with Crippen molar-refractivity contribution in [3.63, 3.8) is 0 Å². The molecule has 5 rings (SSSR count). The lowest BCUT2D eigenvalue weighted by Gasteiger charge is -2.38. The lowest BCUT2D eigenvalue weighted by Crippen LogP contribution is -2.38. The van der Waals surface area contributed by atoms with Crippen molar-refractivity contribution < 1.29 is 19.1 Å². The Morgan fingerprint density at radius 3 is 2.66 bits per heavy atom. The number of carbonyl (C=O) groups is 3. The van der Waals surface area contributed by atoms with Gasteiger partial charge in [0.2, 0.25) is 11.0 Å². The molecule has 0 spiro atoms. The van der Waals surface area contributed by atoms with Gasteiger partial charge in [0.1, 0.15) is 5.82 Å². The highest BCUT2D eigenvalue weighted by Crippen LogP contribution is 2.47. The van der Waals surface area contributed by atoms with Crippen LogP contribution in [-0.2, 0) is 14.3 Å². The number of allylic oxidation sites excluding steroid dienone is 3. The van der Waals surface area contributed by atoms with Gasteiger partial charge in [-0.2, -0.15) is 5.26 Å². The van der Waals surface area contributed by atoms with Crippen molar-refractivity contribution >= 4 is 51.6 Å². The maximum absolute atomic E-state index is 13.3. The molecule has 1 aliphatic carbocycles. The molecule has 3 aromatic rings. The number of nitrogens with zero attached hydrogens (tertiary/aromatic N) is 4. The lowest BCUT2D eigenvalue weighted by atomic mass is 9.75. The van der Waals surface area contributed by atoms with Crippen LogP contribution in [0.1, 0.15) is 46.7 Å². The number of nitrogens with two attached hydrogens (primary N) is 1. The molecule has 2 aliphatic rings. The van der Waals surface area contributed by atoms with E-state index in [-0.39, 0.29) is 23.3 Å². The van der Waals surface area contributed by atoms with Crippen LogP contribution in [0.4, 0.5) is 10.8 Å². The number of thioether (sulfide) groups is 1. The number of carbonyl (C=O) groups excluding carboxylic acids is 3. The number of amides is 1. The summed E-state index contributed by atoms with van der Waals surface area (Å²) in [5.41, 5.74) is 11.0. The van der Waals surface area contributed by atoms with E-state index in [2.05, 4.69) is 26.3 Å².